The van der Waals surface area contributed by atoms with Gasteiger partial charge in [0.15, 0.2) is 0 Å². The predicted molar refractivity (Wildman–Crippen MR) is 73.9 cm³/mol. The summed E-state index contributed by atoms with van der Waals surface area (Å²) in [6, 6.07) is 5.71. The number of hydrogen-bond donors (Lipinski definition) is 1. The standard InChI is InChI=1S/C13H15N3OS/c1-16(2)13(17)12-7-11(3-5-14-12)15-8-10-4-6-18-9-10/h3-7,9H,8H2,1-2H3,(H,14,15). The highest BCUT2D eigenvalue weighted by Crippen LogP contribution is 2.12. The van der Waals surface area contributed by atoms with Crippen molar-refractivity contribution in [3.8, 4) is 0 Å². The van der Waals surface area contributed by atoms with Gasteiger partial charge in [-0.25, -0.2) is 0 Å². The van der Waals surface area contributed by atoms with Gasteiger partial charge in [-0.3, -0.25) is 9.78 Å². The molecule has 0 aliphatic heterocycles. The van der Waals surface area contributed by atoms with Gasteiger partial charge in [-0.1, -0.05) is 0 Å². The minimum atomic E-state index is -0.0887. The Balaban J connectivity index is 2.05. The number of amides is 1. The van der Waals surface area contributed by atoms with Gasteiger partial charge in [0, 0.05) is 32.5 Å². The first-order valence-electron chi connectivity index (χ1n) is 5.59. The molecule has 5 heteroatoms. The number of nitrogens with one attached hydrogen (secondary N) is 1. The highest BCUT2D eigenvalue weighted by molar-refractivity contribution is 7.07. The molecule has 1 N–H and O–H groups in total. The number of pyridine rings is 1. The fourth-order valence-corrected chi connectivity index (χ4v) is 2.15. The molecule has 0 atom stereocenters. The number of carbonyl (C=O) groups is 1. The van der Waals surface area contributed by atoms with Crippen LogP contribution in [0.3, 0.4) is 0 Å². The lowest BCUT2D eigenvalue weighted by molar-refractivity contribution is 0.0822. The molecule has 0 aromatic carbocycles. The van der Waals surface area contributed by atoms with Crippen LogP contribution in [0.2, 0.25) is 0 Å². The van der Waals surface area contributed by atoms with Crippen LogP contribution in [0.15, 0.2) is 35.2 Å². The van der Waals surface area contributed by atoms with Crippen LogP contribution in [0.4, 0.5) is 5.69 Å². The maximum atomic E-state index is 11.8. The molecular formula is C13H15N3OS. The van der Waals surface area contributed by atoms with Gasteiger partial charge in [-0.2, -0.15) is 11.3 Å². The van der Waals surface area contributed by atoms with Crippen LogP contribution in [-0.2, 0) is 6.54 Å². The molecule has 94 valence electrons. The van der Waals surface area contributed by atoms with E-state index in [4.69, 9.17) is 0 Å². The van der Waals surface area contributed by atoms with Gasteiger partial charge >= 0.3 is 0 Å². The molecule has 0 fully saturated rings. The van der Waals surface area contributed by atoms with Gasteiger partial charge in [-0.05, 0) is 34.5 Å². The number of anilines is 1. The lowest BCUT2D eigenvalue weighted by Crippen LogP contribution is -2.22. The fourth-order valence-electron chi connectivity index (χ4n) is 1.48. The fraction of sp³-hybridized carbons (Fsp3) is 0.231. The Kier molecular flexibility index (Phi) is 3.94. The molecule has 4 nitrogen and oxygen atoms in total. The first-order valence-corrected chi connectivity index (χ1v) is 6.54. The van der Waals surface area contributed by atoms with Gasteiger partial charge < -0.3 is 10.2 Å². The third-order valence-corrected chi connectivity index (χ3v) is 3.19. The molecule has 0 aliphatic carbocycles. The molecule has 18 heavy (non-hydrogen) atoms. The average Bonchev–Trinajstić information content (AvgIpc) is 2.89. The zero-order valence-corrected chi connectivity index (χ0v) is 11.2. The van der Waals surface area contributed by atoms with Gasteiger partial charge in [-0.15, -0.1) is 0 Å². The molecule has 2 heterocycles. The second-order valence-corrected chi connectivity index (χ2v) is 4.89. The van der Waals surface area contributed by atoms with Crippen molar-refractivity contribution in [3.05, 3.63) is 46.4 Å². The van der Waals surface area contributed by atoms with Crippen molar-refractivity contribution in [3.63, 3.8) is 0 Å². The Hall–Kier alpha value is -1.88. The number of rotatable bonds is 4. The van der Waals surface area contributed by atoms with Gasteiger partial charge in [0.25, 0.3) is 5.91 Å². The summed E-state index contributed by atoms with van der Waals surface area (Å²) in [5, 5.41) is 7.42. The van der Waals surface area contributed by atoms with E-state index in [-0.39, 0.29) is 5.91 Å². The summed E-state index contributed by atoms with van der Waals surface area (Å²) in [7, 11) is 3.44. The van der Waals surface area contributed by atoms with Crippen LogP contribution in [0.25, 0.3) is 0 Å². The van der Waals surface area contributed by atoms with Crippen LogP contribution in [0.5, 0.6) is 0 Å². The summed E-state index contributed by atoms with van der Waals surface area (Å²) < 4.78 is 0. The van der Waals surface area contributed by atoms with Crippen LogP contribution in [0, 0.1) is 0 Å². The van der Waals surface area contributed by atoms with Gasteiger partial charge in [0.05, 0.1) is 0 Å². The van der Waals surface area contributed by atoms with E-state index in [1.54, 1.807) is 37.7 Å². The molecule has 2 aromatic rings. The van der Waals surface area contributed by atoms with Crippen molar-refractivity contribution in [2.45, 2.75) is 6.54 Å². The van der Waals surface area contributed by atoms with Crippen molar-refractivity contribution in [2.75, 3.05) is 19.4 Å². The number of aromatic nitrogens is 1. The molecule has 0 bridgehead atoms. The molecule has 0 saturated heterocycles. The molecule has 0 radical (unpaired) electrons. The largest absolute Gasteiger partial charge is 0.381 e. The van der Waals surface area contributed by atoms with Crippen LogP contribution in [0.1, 0.15) is 16.1 Å². The minimum Gasteiger partial charge on any atom is -0.381 e. The molecule has 0 aliphatic rings. The lowest BCUT2D eigenvalue weighted by Gasteiger charge is -2.11. The molecule has 0 unspecified atom stereocenters. The smallest absolute Gasteiger partial charge is 0.272 e. The van der Waals surface area contributed by atoms with E-state index in [2.05, 4.69) is 21.7 Å². The Morgan fingerprint density at radius 3 is 2.94 bits per heavy atom. The summed E-state index contributed by atoms with van der Waals surface area (Å²) in [5.74, 6) is -0.0887. The number of thiophene rings is 1. The summed E-state index contributed by atoms with van der Waals surface area (Å²) in [4.78, 5) is 17.4. The molecule has 2 rings (SSSR count). The molecule has 2 aromatic heterocycles. The first-order chi connectivity index (χ1) is 8.66. The van der Waals surface area contributed by atoms with Crippen LogP contribution >= 0.6 is 11.3 Å². The lowest BCUT2D eigenvalue weighted by atomic mass is 10.2. The quantitative estimate of drug-likeness (QED) is 0.919. The Morgan fingerprint density at radius 2 is 2.28 bits per heavy atom. The molecule has 0 spiro atoms. The number of hydrogen-bond acceptors (Lipinski definition) is 4. The van der Waals surface area contributed by atoms with E-state index in [0.717, 1.165) is 12.2 Å². The topological polar surface area (TPSA) is 45.2 Å². The van der Waals surface area contributed by atoms with E-state index in [1.165, 1.54) is 10.5 Å². The predicted octanol–water partition coefficient (Wildman–Crippen LogP) is 2.46. The molecule has 0 saturated carbocycles. The molecule has 1 amide bonds. The summed E-state index contributed by atoms with van der Waals surface area (Å²) in [5.41, 5.74) is 2.59. The average molecular weight is 261 g/mol. The van der Waals surface area contributed by atoms with E-state index >= 15 is 0 Å². The van der Waals surface area contributed by atoms with Crippen molar-refractivity contribution < 1.29 is 4.79 Å². The third kappa shape index (κ3) is 3.07. The number of nitrogens with zero attached hydrogens (tertiary/aromatic N) is 2. The Labute approximate surface area is 110 Å². The minimum absolute atomic E-state index is 0.0887. The van der Waals surface area contributed by atoms with E-state index in [9.17, 15) is 4.79 Å². The second-order valence-electron chi connectivity index (χ2n) is 4.11. The zero-order valence-electron chi connectivity index (χ0n) is 10.4. The second kappa shape index (κ2) is 5.64. The van der Waals surface area contributed by atoms with E-state index in [1.807, 2.05) is 11.4 Å². The highest BCUT2D eigenvalue weighted by Gasteiger charge is 2.09. The van der Waals surface area contributed by atoms with Gasteiger partial charge in [0.2, 0.25) is 0 Å². The Morgan fingerprint density at radius 1 is 1.44 bits per heavy atom. The highest BCUT2D eigenvalue weighted by atomic mass is 32.1. The number of carbonyl (C=O) groups excluding carboxylic acids is 1. The first kappa shape index (κ1) is 12.6. The van der Waals surface area contributed by atoms with Crippen LogP contribution < -0.4 is 5.32 Å². The van der Waals surface area contributed by atoms with Gasteiger partial charge in [0.1, 0.15) is 5.69 Å². The van der Waals surface area contributed by atoms with Crippen molar-refractivity contribution >= 4 is 22.9 Å². The van der Waals surface area contributed by atoms with E-state index < -0.39 is 0 Å². The summed E-state index contributed by atoms with van der Waals surface area (Å²) in [6.45, 7) is 0.753. The van der Waals surface area contributed by atoms with Crippen molar-refractivity contribution in [2.24, 2.45) is 0 Å². The van der Waals surface area contributed by atoms with Crippen LogP contribution in [-0.4, -0.2) is 29.9 Å². The third-order valence-electron chi connectivity index (χ3n) is 2.46. The zero-order chi connectivity index (χ0) is 13.0. The van der Waals surface area contributed by atoms with Crippen molar-refractivity contribution in [1.29, 1.82) is 0 Å². The Bertz CT molecular complexity index is 523. The summed E-state index contributed by atoms with van der Waals surface area (Å²) in [6.07, 6.45) is 1.65. The summed E-state index contributed by atoms with van der Waals surface area (Å²) >= 11 is 1.67. The van der Waals surface area contributed by atoms with E-state index in [0.29, 0.717) is 5.69 Å². The monoisotopic (exact) mass is 261 g/mol. The normalized spacial score (nSPS) is 10.1. The molecular weight excluding hydrogens is 246 g/mol. The van der Waals surface area contributed by atoms with Crippen molar-refractivity contribution in [1.82, 2.24) is 9.88 Å². The maximum Gasteiger partial charge on any atom is 0.272 e. The maximum absolute atomic E-state index is 11.8. The SMILES string of the molecule is CN(C)C(=O)c1cc(NCc2ccsc2)ccn1.